The van der Waals surface area contributed by atoms with Gasteiger partial charge in [-0.3, -0.25) is 0 Å². The van der Waals surface area contributed by atoms with Gasteiger partial charge in [-0.15, -0.1) is 0 Å². The second kappa shape index (κ2) is 6.60. The van der Waals surface area contributed by atoms with Crippen LogP contribution in [0.15, 0.2) is 5.16 Å². The molecule has 7 heteroatoms. The van der Waals surface area contributed by atoms with Crippen LogP contribution >= 0.6 is 0 Å². The van der Waals surface area contributed by atoms with Crippen molar-refractivity contribution in [3.63, 3.8) is 0 Å². The Labute approximate surface area is 115 Å². The molecule has 0 unspecified atom stereocenters. The fourth-order valence-corrected chi connectivity index (χ4v) is 1.67. The third kappa shape index (κ3) is 5.92. The molecule has 0 heterocycles. The van der Waals surface area contributed by atoms with Gasteiger partial charge in [0.25, 0.3) is 0 Å². The van der Waals surface area contributed by atoms with Crippen LogP contribution in [0.2, 0.25) is 0 Å². The highest BCUT2D eigenvalue weighted by atomic mass is 19.4. The summed E-state index contributed by atoms with van der Waals surface area (Å²) in [7, 11) is 0. The van der Waals surface area contributed by atoms with E-state index in [1.165, 1.54) is 0 Å². The fourth-order valence-electron chi connectivity index (χ4n) is 1.67. The van der Waals surface area contributed by atoms with Crippen molar-refractivity contribution in [2.75, 3.05) is 6.61 Å². The van der Waals surface area contributed by atoms with E-state index in [1.807, 2.05) is 0 Å². The molecule has 1 aliphatic carbocycles. The topological polar surface area (TPSA) is 69.2 Å². The van der Waals surface area contributed by atoms with Gasteiger partial charge < -0.3 is 4.84 Å². The molecule has 1 aliphatic rings. The Balaban J connectivity index is 2.55. The zero-order chi connectivity index (χ0) is 15.2. The monoisotopic (exact) mass is 287 g/mol. The van der Waals surface area contributed by atoms with Crippen molar-refractivity contribution in [1.29, 1.82) is 10.5 Å². The lowest BCUT2D eigenvalue weighted by Crippen LogP contribution is -2.23. The number of hydrogen-bond donors (Lipinski definition) is 0. The normalized spacial score (nSPS) is 16.4. The standard InChI is InChI=1S/C13H16F3N3O/c1-10(19-20-7-11-2-3-11)6-12(8-17,9-18)4-5-13(14,15)16/h11H,2-7H2,1H3. The van der Waals surface area contributed by atoms with E-state index in [0.717, 1.165) is 12.8 Å². The highest BCUT2D eigenvalue weighted by Crippen LogP contribution is 2.33. The lowest BCUT2D eigenvalue weighted by Gasteiger charge is -2.18. The quantitative estimate of drug-likeness (QED) is 0.531. The van der Waals surface area contributed by atoms with Gasteiger partial charge in [0, 0.05) is 12.8 Å². The Hall–Kier alpha value is -1.76. The number of rotatable bonds is 7. The van der Waals surface area contributed by atoms with E-state index in [4.69, 9.17) is 15.4 Å². The molecule has 0 bridgehead atoms. The Bertz CT molecular complexity index is 427. The van der Waals surface area contributed by atoms with Crippen LogP contribution in [0, 0.1) is 34.0 Å². The van der Waals surface area contributed by atoms with E-state index in [2.05, 4.69) is 5.16 Å². The summed E-state index contributed by atoms with van der Waals surface area (Å²) in [6.45, 7) is 2.02. The minimum atomic E-state index is -4.38. The summed E-state index contributed by atoms with van der Waals surface area (Å²) in [6, 6.07) is 3.37. The average molecular weight is 287 g/mol. The van der Waals surface area contributed by atoms with Crippen molar-refractivity contribution in [2.24, 2.45) is 16.5 Å². The average Bonchev–Trinajstić information content (AvgIpc) is 3.18. The molecule has 0 aromatic heterocycles. The molecule has 0 aliphatic heterocycles. The first kappa shape index (κ1) is 16.3. The predicted octanol–water partition coefficient (Wildman–Crippen LogP) is 3.56. The van der Waals surface area contributed by atoms with Crippen LogP contribution in [0.4, 0.5) is 13.2 Å². The summed E-state index contributed by atoms with van der Waals surface area (Å²) < 4.78 is 36.7. The zero-order valence-electron chi connectivity index (χ0n) is 11.2. The molecule has 1 fully saturated rings. The first-order chi connectivity index (χ1) is 9.30. The van der Waals surface area contributed by atoms with Crippen LogP contribution in [0.5, 0.6) is 0 Å². The molecule has 4 nitrogen and oxygen atoms in total. The van der Waals surface area contributed by atoms with Gasteiger partial charge in [0.15, 0.2) is 0 Å². The molecule has 20 heavy (non-hydrogen) atoms. The Morgan fingerprint density at radius 3 is 2.30 bits per heavy atom. The molecule has 0 amide bonds. The third-order valence-electron chi connectivity index (χ3n) is 3.05. The van der Waals surface area contributed by atoms with E-state index in [9.17, 15) is 13.2 Å². The summed E-state index contributed by atoms with van der Waals surface area (Å²) in [4.78, 5) is 5.05. The van der Waals surface area contributed by atoms with Gasteiger partial charge in [-0.05, 0) is 32.1 Å². The highest BCUT2D eigenvalue weighted by Gasteiger charge is 2.37. The van der Waals surface area contributed by atoms with Crippen molar-refractivity contribution in [1.82, 2.24) is 0 Å². The van der Waals surface area contributed by atoms with Crippen LogP contribution in [0.25, 0.3) is 0 Å². The van der Waals surface area contributed by atoms with E-state index >= 15 is 0 Å². The molecule has 0 aromatic rings. The Kier molecular flexibility index (Phi) is 5.38. The van der Waals surface area contributed by atoms with Gasteiger partial charge in [0.05, 0.1) is 17.9 Å². The lowest BCUT2D eigenvalue weighted by molar-refractivity contribution is -0.138. The first-order valence-electron chi connectivity index (χ1n) is 6.35. The molecule has 0 radical (unpaired) electrons. The summed E-state index contributed by atoms with van der Waals surface area (Å²) in [6.07, 6.45) is -4.04. The maximum Gasteiger partial charge on any atom is 0.389 e. The van der Waals surface area contributed by atoms with Crippen molar-refractivity contribution in [3.05, 3.63) is 0 Å². The van der Waals surface area contributed by atoms with E-state index in [0.29, 0.717) is 18.2 Å². The number of nitrogens with zero attached hydrogens (tertiary/aromatic N) is 3. The maximum atomic E-state index is 12.2. The van der Waals surface area contributed by atoms with Crippen LogP contribution in [-0.4, -0.2) is 18.5 Å². The van der Waals surface area contributed by atoms with Gasteiger partial charge in [0.1, 0.15) is 12.0 Å². The molecule has 1 rings (SSSR count). The molecule has 0 spiro atoms. The first-order valence-corrected chi connectivity index (χ1v) is 6.35. The van der Waals surface area contributed by atoms with Crippen LogP contribution in [0.1, 0.15) is 39.0 Å². The predicted molar refractivity (Wildman–Crippen MR) is 65.4 cm³/mol. The number of oxime groups is 1. The number of halogens is 3. The third-order valence-corrected chi connectivity index (χ3v) is 3.05. The van der Waals surface area contributed by atoms with Crippen LogP contribution in [-0.2, 0) is 4.84 Å². The van der Waals surface area contributed by atoms with Crippen molar-refractivity contribution < 1.29 is 18.0 Å². The van der Waals surface area contributed by atoms with E-state index < -0.39 is 24.4 Å². The van der Waals surface area contributed by atoms with E-state index in [-0.39, 0.29) is 6.42 Å². The van der Waals surface area contributed by atoms with Crippen LogP contribution in [0.3, 0.4) is 0 Å². The molecule has 0 aromatic carbocycles. The van der Waals surface area contributed by atoms with Crippen molar-refractivity contribution in [2.45, 2.75) is 45.2 Å². The van der Waals surface area contributed by atoms with Gasteiger partial charge in [-0.1, -0.05) is 5.16 Å². The SMILES string of the molecule is CC(CC(C#N)(C#N)CCC(F)(F)F)=NOCC1CC1. The Morgan fingerprint density at radius 1 is 1.25 bits per heavy atom. The lowest BCUT2D eigenvalue weighted by atomic mass is 9.81. The molecule has 1 saturated carbocycles. The highest BCUT2D eigenvalue weighted by molar-refractivity contribution is 5.82. The smallest absolute Gasteiger partial charge is 0.389 e. The summed E-state index contributed by atoms with van der Waals surface area (Å²) in [5.74, 6) is 0.508. The van der Waals surface area contributed by atoms with E-state index in [1.54, 1.807) is 19.1 Å². The molecule has 110 valence electrons. The molecule has 0 N–H and O–H groups in total. The van der Waals surface area contributed by atoms with Gasteiger partial charge in [-0.2, -0.15) is 23.7 Å². The second-order valence-electron chi connectivity index (χ2n) is 5.16. The second-order valence-corrected chi connectivity index (χ2v) is 5.16. The summed E-state index contributed by atoms with van der Waals surface area (Å²) in [5, 5.41) is 21.8. The molecular weight excluding hydrogens is 271 g/mol. The molecular formula is C13H16F3N3O. The number of alkyl halides is 3. The molecule has 0 atom stereocenters. The molecule has 0 saturated heterocycles. The van der Waals surface area contributed by atoms with Gasteiger partial charge >= 0.3 is 6.18 Å². The minimum Gasteiger partial charge on any atom is -0.396 e. The number of nitriles is 2. The number of hydrogen-bond acceptors (Lipinski definition) is 4. The Morgan fingerprint density at radius 2 is 1.85 bits per heavy atom. The van der Waals surface area contributed by atoms with Crippen molar-refractivity contribution >= 4 is 5.71 Å². The maximum absolute atomic E-state index is 12.2. The van der Waals surface area contributed by atoms with Gasteiger partial charge in [-0.25, -0.2) is 0 Å². The van der Waals surface area contributed by atoms with Crippen LogP contribution < -0.4 is 0 Å². The zero-order valence-corrected chi connectivity index (χ0v) is 11.2. The van der Waals surface area contributed by atoms with Gasteiger partial charge in [0.2, 0.25) is 0 Å². The minimum absolute atomic E-state index is 0.138. The summed E-state index contributed by atoms with van der Waals surface area (Å²) in [5.41, 5.74) is -1.34. The fraction of sp³-hybridized carbons (Fsp3) is 0.769. The van der Waals surface area contributed by atoms with Crippen molar-refractivity contribution in [3.8, 4) is 12.1 Å². The summed E-state index contributed by atoms with van der Waals surface area (Å²) >= 11 is 0. The largest absolute Gasteiger partial charge is 0.396 e.